The standard InChI is InChI=1S/C16H26FN3O/c1-12(13-7-6-8-14(17)11-13)19-10-5-4-9-16(2,3)15(18)20-21/h6-8,11-12,19,21H,4-5,9-10H2,1-3H3,(H2,18,20)/t12-/m0/s1. The van der Waals surface area contributed by atoms with Crippen molar-refractivity contribution in [1.29, 1.82) is 0 Å². The topological polar surface area (TPSA) is 70.6 Å². The van der Waals surface area contributed by atoms with E-state index in [1.54, 1.807) is 12.1 Å². The van der Waals surface area contributed by atoms with Crippen molar-refractivity contribution >= 4 is 5.84 Å². The minimum Gasteiger partial charge on any atom is -0.409 e. The third-order valence-electron chi connectivity index (χ3n) is 3.83. The molecule has 0 aliphatic heterocycles. The molecule has 0 bridgehead atoms. The zero-order valence-corrected chi connectivity index (χ0v) is 13.1. The van der Waals surface area contributed by atoms with Crippen molar-refractivity contribution in [1.82, 2.24) is 5.32 Å². The van der Waals surface area contributed by atoms with E-state index in [-0.39, 0.29) is 23.1 Å². The summed E-state index contributed by atoms with van der Waals surface area (Å²) < 4.78 is 13.1. The summed E-state index contributed by atoms with van der Waals surface area (Å²) >= 11 is 0. The molecule has 4 nitrogen and oxygen atoms in total. The number of rotatable bonds is 8. The van der Waals surface area contributed by atoms with Crippen molar-refractivity contribution in [3.63, 3.8) is 0 Å². The SMILES string of the molecule is C[C@H](NCCCCC(C)(C)/C(N)=N/O)c1cccc(F)c1. The second-order valence-electron chi connectivity index (χ2n) is 6.06. The second kappa shape index (κ2) is 7.98. The Bertz CT molecular complexity index is 474. The van der Waals surface area contributed by atoms with Gasteiger partial charge in [0.2, 0.25) is 0 Å². The Morgan fingerprint density at radius 3 is 2.76 bits per heavy atom. The lowest BCUT2D eigenvalue weighted by atomic mass is 9.86. The highest BCUT2D eigenvalue weighted by molar-refractivity contribution is 5.85. The van der Waals surface area contributed by atoms with Crippen LogP contribution in [0.25, 0.3) is 0 Å². The number of benzene rings is 1. The molecule has 0 aliphatic rings. The van der Waals surface area contributed by atoms with Gasteiger partial charge in [-0.2, -0.15) is 0 Å². The highest BCUT2D eigenvalue weighted by Crippen LogP contribution is 2.23. The molecule has 0 saturated heterocycles. The first-order valence-electron chi connectivity index (χ1n) is 7.33. The minimum atomic E-state index is -0.289. The first-order chi connectivity index (χ1) is 9.86. The van der Waals surface area contributed by atoms with Gasteiger partial charge in [0.05, 0.1) is 0 Å². The maximum absolute atomic E-state index is 13.1. The lowest BCUT2D eigenvalue weighted by molar-refractivity contribution is 0.304. The average Bonchev–Trinajstić information content (AvgIpc) is 2.45. The van der Waals surface area contributed by atoms with Crippen LogP contribution in [0, 0.1) is 11.2 Å². The van der Waals surface area contributed by atoms with Crippen molar-refractivity contribution in [3.05, 3.63) is 35.6 Å². The third kappa shape index (κ3) is 5.71. The molecule has 4 N–H and O–H groups in total. The molecule has 21 heavy (non-hydrogen) atoms. The number of hydrogen-bond acceptors (Lipinski definition) is 3. The van der Waals surface area contributed by atoms with Gasteiger partial charge in [-0.15, -0.1) is 0 Å². The van der Waals surface area contributed by atoms with Crippen molar-refractivity contribution in [2.24, 2.45) is 16.3 Å². The summed E-state index contributed by atoms with van der Waals surface area (Å²) in [5, 5.41) is 15.2. The molecular formula is C16H26FN3O. The molecule has 0 unspecified atom stereocenters. The quantitative estimate of drug-likeness (QED) is 0.226. The maximum Gasteiger partial charge on any atom is 0.144 e. The Hall–Kier alpha value is -1.62. The number of amidine groups is 1. The Morgan fingerprint density at radius 1 is 1.43 bits per heavy atom. The van der Waals surface area contributed by atoms with Gasteiger partial charge in [-0.3, -0.25) is 0 Å². The van der Waals surface area contributed by atoms with Crippen LogP contribution in [0.1, 0.15) is 51.6 Å². The van der Waals surface area contributed by atoms with Crippen LogP contribution in [0.5, 0.6) is 0 Å². The van der Waals surface area contributed by atoms with E-state index in [4.69, 9.17) is 10.9 Å². The number of oxime groups is 1. The van der Waals surface area contributed by atoms with Crippen LogP contribution in [0.15, 0.2) is 29.4 Å². The summed E-state index contributed by atoms with van der Waals surface area (Å²) in [6, 6.07) is 6.77. The number of hydrogen-bond donors (Lipinski definition) is 3. The molecule has 1 rings (SSSR count). The van der Waals surface area contributed by atoms with Crippen LogP contribution < -0.4 is 11.1 Å². The molecule has 0 spiro atoms. The number of unbranched alkanes of at least 4 members (excludes halogenated alkanes) is 1. The van der Waals surface area contributed by atoms with Gasteiger partial charge in [0.15, 0.2) is 0 Å². The van der Waals surface area contributed by atoms with E-state index < -0.39 is 0 Å². The van der Waals surface area contributed by atoms with Crippen LogP contribution in [-0.4, -0.2) is 17.6 Å². The van der Waals surface area contributed by atoms with E-state index >= 15 is 0 Å². The first-order valence-corrected chi connectivity index (χ1v) is 7.33. The summed E-state index contributed by atoms with van der Waals surface area (Å²) in [5.74, 6) is 0.0604. The Balaban J connectivity index is 2.29. The van der Waals surface area contributed by atoms with Crippen LogP contribution in [0.4, 0.5) is 4.39 Å². The molecule has 1 aromatic rings. The highest BCUT2D eigenvalue weighted by atomic mass is 19.1. The predicted octanol–water partition coefficient (Wildman–Crippen LogP) is 3.42. The molecule has 0 aromatic heterocycles. The Kier molecular flexibility index (Phi) is 6.62. The maximum atomic E-state index is 13.1. The van der Waals surface area contributed by atoms with E-state index in [1.807, 2.05) is 26.8 Å². The molecule has 1 aromatic carbocycles. The van der Waals surface area contributed by atoms with E-state index in [0.29, 0.717) is 0 Å². The molecule has 118 valence electrons. The fourth-order valence-electron chi connectivity index (χ4n) is 2.17. The Labute approximate surface area is 126 Å². The lowest BCUT2D eigenvalue weighted by Gasteiger charge is -2.22. The van der Waals surface area contributed by atoms with Crippen LogP contribution in [0.3, 0.4) is 0 Å². The molecule has 5 heteroatoms. The summed E-state index contributed by atoms with van der Waals surface area (Å²) in [5.41, 5.74) is 6.31. The summed E-state index contributed by atoms with van der Waals surface area (Å²) in [6.45, 7) is 6.80. The van der Waals surface area contributed by atoms with E-state index in [2.05, 4.69) is 10.5 Å². The lowest BCUT2D eigenvalue weighted by Crippen LogP contribution is -2.32. The van der Waals surface area contributed by atoms with Gasteiger partial charge < -0.3 is 16.3 Å². The molecule has 0 fully saturated rings. The van der Waals surface area contributed by atoms with Gasteiger partial charge in [-0.25, -0.2) is 4.39 Å². The van der Waals surface area contributed by atoms with E-state index in [9.17, 15) is 4.39 Å². The van der Waals surface area contributed by atoms with Gasteiger partial charge in [0.1, 0.15) is 11.7 Å². The molecule has 0 aliphatic carbocycles. The van der Waals surface area contributed by atoms with Gasteiger partial charge in [0.25, 0.3) is 0 Å². The fraction of sp³-hybridized carbons (Fsp3) is 0.562. The molecule has 0 radical (unpaired) electrons. The fourth-order valence-corrected chi connectivity index (χ4v) is 2.17. The second-order valence-corrected chi connectivity index (χ2v) is 6.06. The monoisotopic (exact) mass is 295 g/mol. The van der Waals surface area contributed by atoms with Crippen LogP contribution >= 0.6 is 0 Å². The van der Waals surface area contributed by atoms with Gasteiger partial charge in [-0.05, 0) is 44.0 Å². The average molecular weight is 295 g/mol. The molecule has 1 atom stereocenters. The predicted molar refractivity (Wildman–Crippen MR) is 83.9 cm³/mol. The summed E-state index contributed by atoms with van der Waals surface area (Å²) in [7, 11) is 0. The molecule has 0 amide bonds. The minimum absolute atomic E-state index is 0.123. The number of nitrogens with one attached hydrogen (secondary N) is 1. The molecular weight excluding hydrogens is 269 g/mol. The zero-order chi connectivity index (χ0) is 15.9. The van der Waals surface area contributed by atoms with E-state index in [0.717, 1.165) is 31.4 Å². The zero-order valence-electron chi connectivity index (χ0n) is 13.1. The largest absolute Gasteiger partial charge is 0.409 e. The summed E-state index contributed by atoms with van der Waals surface area (Å²) in [6.07, 6.45) is 2.83. The van der Waals surface area contributed by atoms with Crippen LogP contribution in [0.2, 0.25) is 0 Å². The van der Waals surface area contributed by atoms with Gasteiger partial charge in [0, 0.05) is 11.5 Å². The van der Waals surface area contributed by atoms with Gasteiger partial charge in [-0.1, -0.05) is 37.6 Å². The van der Waals surface area contributed by atoms with E-state index in [1.165, 1.54) is 6.07 Å². The highest BCUT2D eigenvalue weighted by Gasteiger charge is 2.22. The van der Waals surface area contributed by atoms with Crippen molar-refractivity contribution in [2.75, 3.05) is 6.54 Å². The number of nitrogens with zero attached hydrogens (tertiary/aromatic N) is 1. The smallest absolute Gasteiger partial charge is 0.144 e. The van der Waals surface area contributed by atoms with Crippen molar-refractivity contribution in [3.8, 4) is 0 Å². The first kappa shape index (κ1) is 17.4. The normalized spacial score (nSPS) is 14.2. The van der Waals surface area contributed by atoms with Crippen molar-refractivity contribution < 1.29 is 9.60 Å². The van der Waals surface area contributed by atoms with Crippen molar-refractivity contribution in [2.45, 2.75) is 46.1 Å². The summed E-state index contributed by atoms with van der Waals surface area (Å²) in [4.78, 5) is 0. The third-order valence-corrected chi connectivity index (χ3v) is 3.83. The van der Waals surface area contributed by atoms with Crippen LogP contribution in [-0.2, 0) is 0 Å². The Morgan fingerprint density at radius 2 is 2.14 bits per heavy atom. The number of nitrogens with two attached hydrogens (primary N) is 1. The molecule has 0 heterocycles. The molecule has 0 saturated carbocycles. The van der Waals surface area contributed by atoms with Gasteiger partial charge >= 0.3 is 0 Å². The number of halogens is 1.